The first-order chi connectivity index (χ1) is 11.2. The van der Waals surface area contributed by atoms with Gasteiger partial charge in [0.15, 0.2) is 17.0 Å². The molecule has 2 heterocycles. The molecule has 7 nitrogen and oxygen atoms in total. The van der Waals surface area contributed by atoms with Crippen molar-refractivity contribution in [1.29, 1.82) is 5.26 Å². The van der Waals surface area contributed by atoms with Crippen LogP contribution in [0.1, 0.15) is 31.0 Å². The second kappa shape index (κ2) is 6.48. The zero-order valence-corrected chi connectivity index (χ0v) is 12.8. The maximum absolute atomic E-state index is 11.6. The molecule has 0 unspecified atom stereocenters. The highest BCUT2D eigenvalue weighted by molar-refractivity contribution is 5.94. The van der Waals surface area contributed by atoms with Crippen LogP contribution in [0.4, 0.5) is 5.82 Å². The molecule has 0 saturated carbocycles. The van der Waals surface area contributed by atoms with Gasteiger partial charge in [-0.3, -0.25) is 5.10 Å². The van der Waals surface area contributed by atoms with E-state index in [1.807, 2.05) is 6.07 Å². The first kappa shape index (κ1) is 15.0. The van der Waals surface area contributed by atoms with Crippen LogP contribution >= 0.6 is 0 Å². The molecule has 2 aromatic heterocycles. The number of H-pyrrole nitrogens is 1. The Balaban J connectivity index is 1.89. The molecule has 0 spiro atoms. The Hall–Kier alpha value is -2.88. The van der Waals surface area contributed by atoms with E-state index in [1.165, 1.54) is 24.6 Å². The topological polar surface area (TPSA) is 104 Å². The molecule has 0 aromatic carbocycles. The van der Waals surface area contributed by atoms with Gasteiger partial charge < -0.3 is 10.1 Å². The number of ether oxygens (including phenoxy) is 1. The average molecular weight is 311 g/mol. The summed E-state index contributed by atoms with van der Waals surface area (Å²) in [6, 6.07) is 3.89. The quantitative estimate of drug-likeness (QED) is 0.510. The van der Waals surface area contributed by atoms with Gasteiger partial charge in [-0.2, -0.15) is 10.4 Å². The first-order valence-corrected chi connectivity index (χ1v) is 7.63. The molecule has 0 saturated heterocycles. The molecule has 2 N–H and O–H groups in total. The molecule has 3 rings (SSSR count). The number of hydrogen-bond donors (Lipinski definition) is 2. The maximum Gasteiger partial charge on any atom is 0.350 e. The highest BCUT2D eigenvalue weighted by Crippen LogP contribution is 2.26. The van der Waals surface area contributed by atoms with Gasteiger partial charge in [0.25, 0.3) is 0 Å². The number of carbonyl (C=O) groups excluding carboxylic acids is 1. The summed E-state index contributed by atoms with van der Waals surface area (Å²) < 4.78 is 4.82. The van der Waals surface area contributed by atoms with Gasteiger partial charge in [0.05, 0.1) is 12.0 Å². The third-order valence-corrected chi connectivity index (χ3v) is 3.80. The van der Waals surface area contributed by atoms with E-state index < -0.39 is 5.97 Å². The molecule has 0 bridgehead atoms. The van der Waals surface area contributed by atoms with E-state index in [4.69, 9.17) is 10.00 Å². The van der Waals surface area contributed by atoms with E-state index in [2.05, 4.69) is 26.6 Å². The SMILES string of the molecule is CCOC(=O)C(C#N)=CNc1n[nH]c2nc3c(cc12)CCCC3. The summed E-state index contributed by atoms with van der Waals surface area (Å²) in [6.07, 6.45) is 5.66. The van der Waals surface area contributed by atoms with Gasteiger partial charge in [0.2, 0.25) is 0 Å². The van der Waals surface area contributed by atoms with Gasteiger partial charge in [-0.1, -0.05) is 0 Å². The van der Waals surface area contributed by atoms with Crippen LogP contribution in [-0.4, -0.2) is 27.8 Å². The zero-order chi connectivity index (χ0) is 16.2. The van der Waals surface area contributed by atoms with Crippen molar-refractivity contribution >= 4 is 22.8 Å². The lowest BCUT2D eigenvalue weighted by Crippen LogP contribution is -2.08. The van der Waals surface area contributed by atoms with Gasteiger partial charge in [-0.25, -0.2) is 9.78 Å². The lowest BCUT2D eigenvalue weighted by Gasteiger charge is -2.14. The molecule has 7 heteroatoms. The summed E-state index contributed by atoms with van der Waals surface area (Å²) in [4.78, 5) is 16.2. The van der Waals surface area contributed by atoms with Crippen LogP contribution in [-0.2, 0) is 22.4 Å². The maximum atomic E-state index is 11.6. The number of nitrogens with one attached hydrogen (secondary N) is 2. The van der Waals surface area contributed by atoms with Crippen molar-refractivity contribution in [2.24, 2.45) is 0 Å². The van der Waals surface area contributed by atoms with E-state index in [0.29, 0.717) is 11.5 Å². The molecule has 0 aliphatic heterocycles. The van der Waals surface area contributed by atoms with E-state index in [-0.39, 0.29) is 12.2 Å². The largest absolute Gasteiger partial charge is 0.462 e. The number of aryl methyl sites for hydroxylation is 2. The van der Waals surface area contributed by atoms with Crippen LogP contribution in [0.25, 0.3) is 11.0 Å². The summed E-state index contributed by atoms with van der Waals surface area (Å²) in [5.74, 6) is -0.115. The van der Waals surface area contributed by atoms with Gasteiger partial charge in [0, 0.05) is 11.9 Å². The Morgan fingerprint density at radius 3 is 3.13 bits per heavy atom. The van der Waals surface area contributed by atoms with E-state index in [1.54, 1.807) is 6.92 Å². The van der Waals surface area contributed by atoms with Crippen molar-refractivity contribution in [3.8, 4) is 6.07 Å². The Bertz CT molecular complexity index is 816. The highest BCUT2D eigenvalue weighted by atomic mass is 16.5. The average Bonchev–Trinajstić information content (AvgIpc) is 2.95. The van der Waals surface area contributed by atoms with Crippen LogP contribution in [0.15, 0.2) is 17.8 Å². The minimum absolute atomic E-state index is 0.103. The first-order valence-electron chi connectivity index (χ1n) is 7.63. The Kier molecular flexibility index (Phi) is 4.24. The van der Waals surface area contributed by atoms with Crippen LogP contribution in [0.2, 0.25) is 0 Å². The van der Waals surface area contributed by atoms with Crippen molar-refractivity contribution in [2.75, 3.05) is 11.9 Å². The molecule has 2 aromatic rings. The Morgan fingerprint density at radius 2 is 2.35 bits per heavy atom. The van der Waals surface area contributed by atoms with E-state index in [9.17, 15) is 4.79 Å². The summed E-state index contributed by atoms with van der Waals surface area (Å²) in [5.41, 5.74) is 2.96. The minimum atomic E-state index is -0.655. The monoisotopic (exact) mass is 311 g/mol. The molecule has 0 atom stereocenters. The van der Waals surface area contributed by atoms with Crippen molar-refractivity contribution in [1.82, 2.24) is 15.2 Å². The minimum Gasteiger partial charge on any atom is -0.462 e. The fraction of sp³-hybridized carbons (Fsp3) is 0.375. The molecule has 118 valence electrons. The van der Waals surface area contributed by atoms with Crippen molar-refractivity contribution in [2.45, 2.75) is 32.6 Å². The number of hydrogen-bond acceptors (Lipinski definition) is 6. The number of fused-ring (bicyclic) bond motifs is 2. The number of aromatic amines is 1. The molecular weight excluding hydrogens is 294 g/mol. The number of rotatable bonds is 4. The van der Waals surface area contributed by atoms with Crippen LogP contribution in [0, 0.1) is 11.3 Å². The van der Waals surface area contributed by atoms with E-state index in [0.717, 1.165) is 23.9 Å². The fourth-order valence-corrected chi connectivity index (χ4v) is 2.66. The van der Waals surface area contributed by atoms with Gasteiger partial charge >= 0.3 is 5.97 Å². The third kappa shape index (κ3) is 3.01. The van der Waals surface area contributed by atoms with Gasteiger partial charge in [-0.15, -0.1) is 0 Å². The van der Waals surface area contributed by atoms with Crippen molar-refractivity contribution in [3.63, 3.8) is 0 Å². The van der Waals surface area contributed by atoms with Crippen molar-refractivity contribution < 1.29 is 9.53 Å². The van der Waals surface area contributed by atoms with Crippen LogP contribution < -0.4 is 5.32 Å². The number of anilines is 1. The number of nitrogens with zero attached hydrogens (tertiary/aromatic N) is 3. The third-order valence-electron chi connectivity index (χ3n) is 3.80. The lowest BCUT2D eigenvalue weighted by molar-refractivity contribution is -0.138. The summed E-state index contributed by atoms with van der Waals surface area (Å²) in [5, 5.41) is 19.8. The molecule has 23 heavy (non-hydrogen) atoms. The number of aromatic nitrogens is 3. The highest BCUT2D eigenvalue weighted by Gasteiger charge is 2.15. The van der Waals surface area contributed by atoms with Gasteiger partial charge in [-0.05, 0) is 44.2 Å². The van der Waals surface area contributed by atoms with Gasteiger partial charge in [0.1, 0.15) is 6.07 Å². The summed E-state index contributed by atoms with van der Waals surface area (Å²) >= 11 is 0. The van der Waals surface area contributed by atoms with Crippen LogP contribution in [0.3, 0.4) is 0 Å². The number of pyridine rings is 1. The van der Waals surface area contributed by atoms with Crippen molar-refractivity contribution in [3.05, 3.63) is 29.1 Å². The Morgan fingerprint density at radius 1 is 1.52 bits per heavy atom. The van der Waals surface area contributed by atoms with Crippen LogP contribution in [0.5, 0.6) is 0 Å². The van der Waals surface area contributed by atoms with E-state index >= 15 is 0 Å². The second-order valence-electron chi connectivity index (χ2n) is 5.30. The second-order valence-corrected chi connectivity index (χ2v) is 5.30. The predicted octanol–water partition coefficient (Wildman–Crippen LogP) is 2.22. The molecule has 0 amide bonds. The molecular formula is C16H17N5O2. The number of nitriles is 1. The standard InChI is InChI=1S/C16H17N5O2/c1-2-23-16(22)11(8-17)9-18-14-12-7-10-5-3-4-6-13(10)19-15(12)21-20-14/h7,9H,2-6H2,1H3,(H2,18,19,20,21). The molecule has 0 radical (unpaired) electrons. The normalized spacial score (nSPS) is 14.2. The predicted molar refractivity (Wildman–Crippen MR) is 84.5 cm³/mol. The summed E-state index contributed by atoms with van der Waals surface area (Å²) in [7, 11) is 0. The molecule has 0 fully saturated rings. The Labute approximate surface area is 133 Å². The lowest BCUT2D eigenvalue weighted by atomic mass is 9.95. The number of carbonyl (C=O) groups is 1. The summed E-state index contributed by atoms with van der Waals surface area (Å²) in [6.45, 7) is 1.91. The molecule has 1 aliphatic rings. The number of esters is 1. The zero-order valence-electron chi connectivity index (χ0n) is 12.8. The smallest absolute Gasteiger partial charge is 0.350 e. The fourth-order valence-electron chi connectivity index (χ4n) is 2.66. The molecule has 1 aliphatic carbocycles.